The van der Waals surface area contributed by atoms with Crippen LogP contribution in [0.15, 0.2) is 26.2 Å². The Balaban J connectivity index is 2.20. The Kier molecular flexibility index (Phi) is 3.51. The highest BCUT2D eigenvalue weighted by molar-refractivity contribution is 9.10. The number of furan rings is 1. The molecule has 2 heterocycles. The summed E-state index contributed by atoms with van der Waals surface area (Å²) in [4.78, 5) is 15.8. The average Bonchev–Trinajstić information content (AvgIpc) is 2.84. The van der Waals surface area contributed by atoms with Gasteiger partial charge in [-0.1, -0.05) is 0 Å². The van der Waals surface area contributed by atoms with E-state index in [1.54, 1.807) is 26.0 Å². The van der Waals surface area contributed by atoms with E-state index in [4.69, 9.17) is 13.9 Å². The van der Waals surface area contributed by atoms with E-state index < -0.39 is 18.1 Å². The first-order valence-electron chi connectivity index (χ1n) is 5.24. The first kappa shape index (κ1) is 12.2. The fourth-order valence-corrected chi connectivity index (χ4v) is 1.96. The molecular formula is C11H12BrNO4. The fourth-order valence-electron chi connectivity index (χ4n) is 1.64. The molecule has 0 N–H and O–H groups in total. The van der Waals surface area contributed by atoms with Crippen LogP contribution in [-0.4, -0.2) is 24.5 Å². The van der Waals surface area contributed by atoms with Gasteiger partial charge in [-0.2, -0.15) is 0 Å². The smallest absolute Gasteiger partial charge is 0.335 e. The summed E-state index contributed by atoms with van der Waals surface area (Å²) >= 11 is 3.21. The van der Waals surface area contributed by atoms with Gasteiger partial charge in [0.1, 0.15) is 5.76 Å². The van der Waals surface area contributed by atoms with Crippen LogP contribution in [-0.2, 0) is 14.3 Å². The van der Waals surface area contributed by atoms with Crippen molar-refractivity contribution in [2.24, 2.45) is 4.99 Å². The van der Waals surface area contributed by atoms with E-state index in [0.29, 0.717) is 22.9 Å². The molecule has 2 atom stereocenters. The van der Waals surface area contributed by atoms with Gasteiger partial charge in [0.2, 0.25) is 0 Å². The fraction of sp³-hybridized carbons (Fsp3) is 0.455. The van der Waals surface area contributed by atoms with Gasteiger partial charge in [-0.25, -0.2) is 9.79 Å². The third kappa shape index (κ3) is 2.52. The molecular weight excluding hydrogens is 290 g/mol. The minimum Gasteiger partial charge on any atom is -0.467 e. The van der Waals surface area contributed by atoms with Crippen molar-refractivity contribution in [2.45, 2.75) is 26.0 Å². The molecule has 0 aliphatic carbocycles. The lowest BCUT2D eigenvalue weighted by Crippen LogP contribution is -2.26. The van der Waals surface area contributed by atoms with Crippen LogP contribution >= 0.6 is 15.9 Å². The summed E-state index contributed by atoms with van der Waals surface area (Å²) < 4.78 is 16.4. The van der Waals surface area contributed by atoms with E-state index in [1.165, 1.54) is 0 Å². The monoisotopic (exact) mass is 301 g/mol. The molecule has 5 nitrogen and oxygen atoms in total. The molecule has 0 saturated heterocycles. The summed E-state index contributed by atoms with van der Waals surface area (Å²) in [7, 11) is 0. The van der Waals surface area contributed by atoms with Crippen molar-refractivity contribution >= 4 is 27.8 Å². The zero-order valence-electron chi connectivity index (χ0n) is 9.47. The molecule has 1 aliphatic heterocycles. The predicted octanol–water partition coefficient (Wildman–Crippen LogP) is 2.46. The van der Waals surface area contributed by atoms with Crippen LogP contribution in [0.5, 0.6) is 0 Å². The molecule has 1 aromatic heterocycles. The number of aliphatic imine (C=N–C) groups is 1. The quantitative estimate of drug-likeness (QED) is 0.805. The Morgan fingerprint density at radius 2 is 2.35 bits per heavy atom. The second-order valence-electron chi connectivity index (χ2n) is 3.53. The van der Waals surface area contributed by atoms with E-state index >= 15 is 0 Å². The number of hydrogen-bond acceptors (Lipinski definition) is 5. The van der Waals surface area contributed by atoms with Gasteiger partial charge in [0.25, 0.3) is 0 Å². The van der Waals surface area contributed by atoms with Gasteiger partial charge in [0.05, 0.1) is 6.61 Å². The maximum atomic E-state index is 11.7. The molecule has 0 saturated carbocycles. The number of esters is 1. The number of halogens is 1. The first-order valence-corrected chi connectivity index (χ1v) is 6.04. The molecule has 1 aliphatic rings. The zero-order valence-corrected chi connectivity index (χ0v) is 11.1. The number of ether oxygens (including phenoxy) is 2. The summed E-state index contributed by atoms with van der Waals surface area (Å²) in [6.45, 7) is 3.77. The second kappa shape index (κ2) is 4.91. The first-order chi connectivity index (χ1) is 8.11. The van der Waals surface area contributed by atoms with Gasteiger partial charge in [-0.3, -0.25) is 0 Å². The predicted molar refractivity (Wildman–Crippen MR) is 63.8 cm³/mol. The molecule has 0 spiro atoms. The molecule has 1 aromatic rings. The van der Waals surface area contributed by atoms with Crippen LogP contribution in [0.25, 0.3) is 0 Å². The number of nitrogens with zero attached hydrogens (tertiary/aromatic N) is 1. The van der Waals surface area contributed by atoms with Crippen molar-refractivity contribution in [3.05, 3.63) is 22.6 Å². The Hall–Kier alpha value is -1.30. The normalized spacial score (nSPS) is 23.1. The zero-order chi connectivity index (χ0) is 12.4. The lowest BCUT2D eigenvalue weighted by Gasteiger charge is -2.13. The SMILES string of the molecule is CCOC(=O)C1N=C(C)OC1c1ccc(Br)o1. The lowest BCUT2D eigenvalue weighted by atomic mass is 10.1. The van der Waals surface area contributed by atoms with Crippen LogP contribution in [0.4, 0.5) is 0 Å². The van der Waals surface area contributed by atoms with Gasteiger partial charge >= 0.3 is 5.97 Å². The number of rotatable bonds is 3. The topological polar surface area (TPSA) is 61.0 Å². The van der Waals surface area contributed by atoms with E-state index in [2.05, 4.69) is 20.9 Å². The van der Waals surface area contributed by atoms with Crippen molar-refractivity contribution in [2.75, 3.05) is 6.61 Å². The average molecular weight is 302 g/mol. The van der Waals surface area contributed by atoms with Gasteiger partial charge < -0.3 is 13.9 Å². The minimum absolute atomic E-state index is 0.318. The standard InChI is InChI=1S/C11H12BrNO4/c1-3-15-11(14)9-10(16-6(2)13-9)7-4-5-8(12)17-7/h4-5,9-10H,3H2,1-2H3. The molecule has 0 fully saturated rings. The highest BCUT2D eigenvalue weighted by atomic mass is 79.9. The maximum absolute atomic E-state index is 11.7. The Bertz CT molecular complexity index is 454. The van der Waals surface area contributed by atoms with Crippen LogP contribution in [0, 0.1) is 0 Å². The van der Waals surface area contributed by atoms with E-state index in [-0.39, 0.29) is 0 Å². The number of carbonyl (C=O) groups excluding carboxylic acids is 1. The molecule has 0 radical (unpaired) electrons. The van der Waals surface area contributed by atoms with Crippen LogP contribution in [0.2, 0.25) is 0 Å². The Morgan fingerprint density at radius 3 is 2.94 bits per heavy atom. The highest BCUT2D eigenvalue weighted by Crippen LogP contribution is 2.32. The Labute approximate surface area is 107 Å². The molecule has 2 unspecified atom stereocenters. The van der Waals surface area contributed by atoms with E-state index in [1.807, 2.05) is 0 Å². The van der Waals surface area contributed by atoms with Crippen molar-refractivity contribution in [3.63, 3.8) is 0 Å². The van der Waals surface area contributed by atoms with Crippen molar-refractivity contribution in [3.8, 4) is 0 Å². The van der Waals surface area contributed by atoms with Crippen LogP contribution in [0.1, 0.15) is 25.7 Å². The molecule has 0 amide bonds. The summed E-state index contributed by atoms with van der Waals surface area (Å²) in [5.74, 6) is 0.609. The molecule has 17 heavy (non-hydrogen) atoms. The molecule has 0 aromatic carbocycles. The Morgan fingerprint density at radius 1 is 1.59 bits per heavy atom. The van der Waals surface area contributed by atoms with E-state index in [0.717, 1.165) is 0 Å². The van der Waals surface area contributed by atoms with Gasteiger partial charge in [-0.15, -0.1) is 0 Å². The largest absolute Gasteiger partial charge is 0.467 e. The summed E-state index contributed by atoms with van der Waals surface area (Å²) in [6.07, 6.45) is -0.541. The highest BCUT2D eigenvalue weighted by Gasteiger charge is 2.39. The summed E-state index contributed by atoms with van der Waals surface area (Å²) in [5, 5.41) is 0. The second-order valence-corrected chi connectivity index (χ2v) is 4.31. The van der Waals surface area contributed by atoms with Gasteiger partial charge in [-0.05, 0) is 35.0 Å². The molecule has 2 rings (SSSR count). The van der Waals surface area contributed by atoms with Crippen molar-refractivity contribution in [1.82, 2.24) is 0 Å². The third-order valence-corrected chi connectivity index (χ3v) is 2.73. The maximum Gasteiger partial charge on any atom is 0.335 e. The molecule has 0 bridgehead atoms. The van der Waals surface area contributed by atoms with Crippen LogP contribution < -0.4 is 0 Å². The number of hydrogen-bond donors (Lipinski definition) is 0. The molecule has 92 valence electrons. The van der Waals surface area contributed by atoms with Gasteiger partial charge in [0, 0.05) is 6.92 Å². The van der Waals surface area contributed by atoms with Crippen molar-refractivity contribution < 1.29 is 18.7 Å². The van der Waals surface area contributed by atoms with Crippen LogP contribution in [0.3, 0.4) is 0 Å². The summed E-state index contributed by atoms with van der Waals surface area (Å²) in [5.41, 5.74) is 0. The summed E-state index contributed by atoms with van der Waals surface area (Å²) in [6, 6.07) is 2.80. The lowest BCUT2D eigenvalue weighted by molar-refractivity contribution is -0.146. The van der Waals surface area contributed by atoms with Gasteiger partial charge in [0.15, 0.2) is 22.7 Å². The molecule has 6 heteroatoms. The van der Waals surface area contributed by atoms with Crippen molar-refractivity contribution in [1.29, 1.82) is 0 Å². The number of carbonyl (C=O) groups is 1. The van der Waals surface area contributed by atoms with E-state index in [9.17, 15) is 4.79 Å². The minimum atomic E-state index is -0.687. The third-order valence-electron chi connectivity index (χ3n) is 2.31.